The van der Waals surface area contributed by atoms with E-state index in [1.54, 1.807) is 6.08 Å². The highest BCUT2D eigenvalue weighted by atomic mass is 16.5. The van der Waals surface area contributed by atoms with Crippen molar-refractivity contribution in [2.45, 2.75) is 13.0 Å². The Bertz CT molecular complexity index is 458. The van der Waals surface area contributed by atoms with Crippen molar-refractivity contribution in [2.24, 2.45) is 0 Å². The van der Waals surface area contributed by atoms with E-state index in [0.717, 1.165) is 11.1 Å². The maximum Gasteiger partial charge on any atom is 0.220 e. The van der Waals surface area contributed by atoms with Crippen LogP contribution >= 0.6 is 0 Å². The third kappa shape index (κ3) is 3.04. The molecule has 0 aromatic heterocycles. The van der Waals surface area contributed by atoms with Crippen molar-refractivity contribution in [1.29, 1.82) is 0 Å². The monoisotopic (exact) mass is 230 g/mol. The lowest BCUT2D eigenvalue weighted by atomic mass is 10.0. The second-order valence-corrected chi connectivity index (χ2v) is 3.87. The molecule has 1 N–H and O–H groups in total. The summed E-state index contributed by atoms with van der Waals surface area (Å²) in [5.74, 6) is 0.197. The maximum atomic E-state index is 11.6. The maximum absolute atomic E-state index is 11.6. The first-order valence-electron chi connectivity index (χ1n) is 5.51. The molecular formula is C14H14O3. The number of aliphatic hydroxyl groups is 1. The quantitative estimate of drug-likeness (QED) is 0.860. The first kappa shape index (κ1) is 11.6. The molecule has 0 amide bonds. The molecule has 0 saturated carbocycles. The predicted molar refractivity (Wildman–Crippen MR) is 64.1 cm³/mol. The van der Waals surface area contributed by atoms with Crippen molar-refractivity contribution in [1.82, 2.24) is 0 Å². The lowest BCUT2D eigenvalue weighted by molar-refractivity contribution is -0.115. The van der Waals surface area contributed by atoms with Crippen LogP contribution in [0.4, 0.5) is 0 Å². The molecule has 1 aliphatic carbocycles. The number of ketones is 1. The molecule has 0 saturated heterocycles. The van der Waals surface area contributed by atoms with E-state index in [2.05, 4.69) is 0 Å². The highest BCUT2D eigenvalue weighted by Crippen LogP contribution is 2.16. The fourth-order valence-electron chi connectivity index (χ4n) is 1.62. The van der Waals surface area contributed by atoms with Gasteiger partial charge in [-0.3, -0.25) is 4.79 Å². The van der Waals surface area contributed by atoms with E-state index < -0.39 is 0 Å². The third-order valence-electron chi connectivity index (χ3n) is 2.57. The van der Waals surface area contributed by atoms with E-state index in [1.807, 2.05) is 30.3 Å². The van der Waals surface area contributed by atoms with Crippen LogP contribution in [0.3, 0.4) is 0 Å². The Morgan fingerprint density at radius 3 is 2.65 bits per heavy atom. The van der Waals surface area contributed by atoms with Crippen LogP contribution in [0.2, 0.25) is 0 Å². The van der Waals surface area contributed by atoms with Gasteiger partial charge in [-0.25, -0.2) is 0 Å². The zero-order valence-corrected chi connectivity index (χ0v) is 9.43. The molecule has 0 radical (unpaired) electrons. The van der Waals surface area contributed by atoms with Gasteiger partial charge in [0.05, 0.1) is 6.61 Å². The number of hydrogen-bond acceptors (Lipinski definition) is 3. The summed E-state index contributed by atoms with van der Waals surface area (Å²) in [5.41, 5.74) is 1.75. The summed E-state index contributed by atoms with van der Waals surface area (Å²) >= 11 is 0. The van der Waals surface area contributed by atoms with Crippen molar-refractivity contribution >= 4 is 5.78 Å². The van der Waals surface area contributed by atoms with Gasteiger partial charge in [0.25, 0.3) is 0 Å². The molecule has 2 rings (SSSR count). The molecule has 0 atom stereocenters. The molecule has 1 aliphatic rings. The first-order chi connectivity index (χ1) is 8.29. The predicted octanol–water partition coefficient (Wildman–Crippen LogP) is 1.98. The minimum Gasteiger partial charge on any atom is -0.485 e. The number of hydrogen-bond donors (Lipinski definition) is 1. The molecule has 3 heteroatoms. The Morgan fingerprint density at radius 1 is 1.24 bits per heavy atom. The highest BCUT2D eigenvalue weighted by Gasteiger charge is 2.14. The van der Waals surface area contributed by atoms with Gasteiger partial charge in [0.1, 0.15) is 6.61 Å². The molecule has 88 valence electrons. The van der Waals surface area contributed by atoms with E-state index in [0.29, 0.717) is 18.8 Å². The lowest BCUT2D eigenvalue weighted by Crippen LogP contribution is -2.10. The zero-order chi connectivity index (χ0) is 12.1. The van der Waals surface area contributed by atoms with Crippen molar-refractivity contribution in [3.05, 3.63) is 59.4 Å². The summed E-state index contributed by atoms with van der Waals surface area (Å²) in [6.07, 6.45) is 3.74. The second-order valence-electron chi connectivity index (χ2n) is 3.87. The van der Waals surface area contributed by atoms with Gasteiger partial charge in [-0.2, -0.15) is 0 Å². The third-order valence-corrected chi connectivity index (χ3v) is 2.57. The minimum atomic E-state index is -0.170. The van der Waals surface area contributed by atoms with Crippen LogP contribution in [0.15, 0.2) is 53.8 Å². The van der Waals surface area contributed by atoms with Gasteiger partial charge in [0.15, 0.2) is 5.76 Å². The van der Waals surface area contributed by atoms with Crippen LogP contribution in [0.1, 0.15) is 12.0 Å². The molecule has 1 aromatic rings. The largest absolute Gasteiger partial charge is 0.485 e. The topological polar surface area (TPSA) is 46.5 Å². The molecule has 0 bridgehead atoms. The van der Waals surface area contributed by atoms with Gasteiger partial charge in [0.2, 0.25) is 5.78 Å². The Labute approximate surface area is 100 Å². The molecule has 3 nitrogen and oxygen atoms in total. The molecule has 0 spiro atoms. The molecule has 0 unspecified atom stereocenters. The fourth-order valence-corrected chi connectivity index (χ4v) is 1.62. The average molecular weight is 230 g/mol. The lowest BCUT2D eigenvalue weighted by Gasteiger charge is -2.12. The molecular weight excluding hydrogens is 216 g/mol. The van der Waals surface area contributed by atoms with Gasteiger partial charge in [-0.15, -0.1) is 0 Å². The molecule has 17 heavy (non-hydrogen) atoms. The van der Waals surface area contributed by atoms with E-state index in [-0.39, 0.29) is 12.4 Å². The van der Waals surface area contributed by atoms with Crippen LogP contribution in [-0.2, 0) is 16.1 Å². The van der Waals surface area contributed by atoms with Crippen LogP contribution in [-0.4, -0.2) is 17.5 Å². The van der Waals surface area contributed by atoms with E-state index in [4.69, 9.17) is 9.84 Å². The summed E-state index contributed by atoms with van der Waals surface area (Å²) in [6.45, 7) is 0.314. The highest BCUT2D eigenvalue weighted by molar-refractivity contribution is 6.03. The molecule has 0 heterocycles. The minimum absolute atomic E-state index is 0.0752. The van der Waals surface area contributed by atoms with Crippen molar-refractivity contribution in [2.75, 3.05) is 6.61 Å². The molecule has 1 aromatic carbocycles. The number of ether oxygens (including phenoxy) is 1. The van der Waals surface area contributed by atoms with Crippen molar-refractivity contribution < 1.29 is 14.6 Å². The number of carbonyl (C=O) groups is 1. The number of allylic oxidation sites excluding steroid dienone is 2. The van der Waals surface area contributed by atoms with Crippen LogP contribution < -0.4 is 0 Å². The van der Waals surface area contributed by atoms with E-state index in [9.17, 15) is 4.79 Å². The SMILES string of the molecule is O=C1C=C(CO)CC=C1OCc1ccccc1. The Morgan fingerprint density at radius 2 is 2.00 bits per heavy atom. The Balaban J connectivity index is 1.93. The summed E-state index contributed by atoms with van der Waals surface area (Å²) in [7, 11) is 0. The van der Waals surface area contributed by atoms with Crippen LogP contribution in [0.25, 0.3) is 0 Å². The molecule has 0 fully saturated rings. The number of rotatable bonds is 4. The van der Waals surface area contributed by atoms with Crippen molar-refractivity contribution in [3.63, 3.8) is 0 Å². The second kappa shape index (κ2) is 5.46. The Kier molecular flexibility index (Phi) is 3.73. The van der Waals surface area contributed by atoms with E-state index in [1.165, 1.54) is 6.08 Å². The van der Waals surface area contributed by atoms with Gasteiger partial charge < -0.3 is 9.84 Å². The normalized spacial score (nSPS) is 15.2. The number of carbonyl (C=O) groups excluding carboxylic acids is 1. The van der Waals surface area contributed by atoms with Gasteiger partial charge in [-0.1, -0.05) is 30.3 Å². The summed E-state index contributed by atoms with van der Waals surface area (Å²) in [6, 6.07) is 9.69. The first-order valence-corrected chi connectivity index (χ1v) is 5.51. The molecule has 0 aliphatic heterocycles. The van der Waals surface area contributed by atoms with Gasteiger partial charge in [-0.05, 0) is 29.7 Å². The number of aliphatic hydroxyl groups excluding tert-OH is 1. The zero-order valence-electron chi connectivity index (χ0n) is 9.43. The average Bonchev–Trinajstić information content (AvgIpc) is 2.38. The van der Waals surface area contributed by atoms with Gasteiger partial charge >= 0.3 is 0 Å². The van der Waals surface area contributed by atoms with E-state index >= 15 is 0 Å². The summed E-state index contributed by atoms with van der Waals surface area (Å²) < 4.78 is 5.46. The fraction of sp³-hybridized carbons (Fsp3) is 0.214. The van der Waals surface area contributed by atoms with Crippen molar-refractivity contribution in [3.8, 4) is 0 Å². The summed E-state index contributed by atoms with van der Waals surface area (Å²) in [5, 5.41) is 8.91. The number of benzene rings is 1. The van der Waals surface area contributed by atoms with Crippen LogP contribution in [0.5, 0.6) is 0 Å². The van der Waals surface area contributed by atoms with Crippen LogP contribution in [0, 0.1) is 0 Å². The smallest absolute Gasteiger partial charge is 0.220 e. The standard InChI is InChI=1S/C14H14O3/c15-9-12-6-7-14(13(16)8-12)17-10-11-4-2-1-3-5-11/h1-5,7-8,15H,6,9-10H2. The Hall–Kier alpha value is -1.87. The summed E-state index contributed by atoms with van der Waals surface area (Å²) in [4.78, 5) is 11.6. The van der Waals surface area contributed by atoms with Gasteiger partial charge in [0, 0.05) is 0 Å².